The van der Waals surface area contributed by atoms with Crippen LogP contribution >= 0.6 is 0 Å². The first-order valence-electron chi connectivity index (χ1n) is 3.66. The van der Waals surface area contributed by atoms with E-state index in [1.54, 1.807) is 0 Å². The fraction of sp³-hybridized carbons (Fsp3) is 0.429. The monoisotopic (exact) mass is 169 g/mol. The molecule has 2 rings (SSSR count). The molecule has 64 valence electrons. The summed E-state index contributed by atoms with van der Waals surface area (Å²) in [6.07, 6.45) is 2.23. The van der Waals surface area contributed by atoms with Crippen molar-refractivity contribution in [1.82, 2.24) is 10.2 Å². The van der Waals surface area contributed by atoms with E-state index < -0.39 is 11.6 Å². The summed E-state index contributed by atoms with van der Waals surface area (Å²) in [7, 11) is 0. The quantitative estimate of drug-likeness (QED) is 0.675. The number of aromatic nitrogens is 2. The van der Waals surface area contributed by atoms with Gasteiger partial charge in [-0.2, -0.15) is 5.10 Å². The zero-order chi connectivity index (χ0) is 8.77. The molecule has 12 heavy (non-hydrogen) atoms. The smallest absolute Gasteiger partial charge is 0.267 e. The van der Waals surface area contributed by atoms with Gasteiger partial charge < -0.3 is 5.73 Å². The van der Waals surface area contributed by atoms with Crippen molar-refractivity contribution in [3.05, 3.63) is 17.5 Å². The Morgan fingerprint density at radius 1 is 1.75 bits per heavy atom. The highest BCUT2D eigenvalue weighted by atomic mass is 19.1. The van der Waals surface area contributed by atoms with Crippen LogP contribution < -0.4 is 5.73 Å². The van der Waals surface area contributed by atoms with E-state index in [9.17, 15) is 9.18 Å². The van der Waals surface area contributed by atoms with Crippen LogP contribution in [-0.2, 0) is 5.67 Å². The third kappa shape index (κ3) is 0.895. The molecule has 0 saturated heterocycles. The van der Waals surface area contributed by atoms with Crippen molar-refractivity contribution >= 4 is 5.91 Å². The van der Waals surface area contributed by atoms with Gasteiger partial charge in [0.15, 0.2) is 0 Å². The first-order valence-corrected chi connectivity index (χ1v) is 3.66. The summed E-state index contributed by atoms with van der Waals surface area (Å²) >= 11 is 0. The minimum Gasteiger partial charge on any atom is -0.364 e. The maximum Gasteiger partial charge on any atom is 0.267 e. The number of nitrogens with zero attached hydrogens (tertiary/aromatic N) is 1. The third-order valence-electron chi connectivity index (χ3n) is 2.06. The molecule has 1 aliphatic rings. The van der Waals surface area contributed by atoms with Crippen LogP contribution in [0.1, 0.15) is 28.9 Å². The molecule has 1 fully saturated rings. The summed E-state index contributed by atoms with van der Waals surface area (Å²) in [5.41, 5.74) is 4.05. The van der Waals surface area contributed by atoms with Crippen LogP contribution in [0, 0.1) is 0 Å². The van der Waals surface area contributed by atoms with E-state index in [0.717, 1.165) is 0 Å². The Kier molecular flexibility index (Phi) is 1.25. The van der Waals surface area contributed by atoms with Crippen molar-refractivity contribution in [2.24, 2.45) is 5.73 Å². The van der Waals surface area contributed by atoms with Gasteiger partial charge in [-0.1, -0.05) is 0 Å². The number of nitrogens with one attached hydrogen (secondary N) is 1. The average Bonchev–Trinajstić information content (AvgIpc) is 2.61. The fourth-order valence-electron chi connectivity index (χ4n) is 1.19. The van der Waals surface area contributed by atoms with Crippen molar-refractivity contribution in [2.75, 3.05) is 0 Å². The summed E-state index contributed by atoms with van der Waals surface area (Å²) in [5, 5.41) is 5.97. The van der Waals surface area contributed by atoms with Crippen LogP contribution in [0.2, 0.25) is 0 Å². The number of carbonyl (C=O) groups excluding carboxylic acids is 1. The van der Waals surface area contributed by atoms with Gasteiger partial charge in [0.25, 0.3) is 5.91 Å². The maximum absolute atomic E-state index is 13.4. The maximum atomic E-state index is 13.4. The lowest BCUT2D eigenvalue weighted by Crippen LogP contribution is -2.16. The second-order valence-corrected chi connectivity index (χ2v) is 2.99. The van der Waals surface area contributed by atoms with Gasteiger partial charge in [-0.3, -0.25) is 9.89 Å². The predicted molar refractivity (Wildman–Crippen MR) is 39.1 cm³/mol. The highest BCUT2D eigenvalue weighted by molar-refractivity contribution is 5.92. The Balaban J connectivity index is 2.43. The van der Waals surface area contributed by atoms with Crippen LogP contribution in [0.25, 0.3) is 0 Å². The summed E-state index contributed by atoms with van der Waals surface area (Å²) < 4.78 is 13.4. The first-order chi connectivity index (χ1) is 5.63. The van der Waals surface area contributed by atoms with Gasteiger partial charge in [0.05, 0.1) is 6.20 Å². The van der Waals surface area contributed by atoms with Gasteiger partial charge in [0, 0.05) is 5.56 Å². The molecule has 0 radical (unpaired) electrons. The number of hydrogen-bond donors (Lipinski definition) is 2. The van der Waals surface area contributed by atoms with E-state index in [-0.39, 0.29) is 5.69 Å². The van der Waals surface area contributed by atoms with Crippen molar-refractivity contribution in [3.8, 4) is 0 Å². The number of alkyl halides is 1. The number of carbonyl (C=O) groups is 1. The molecule has 1 amide bonds. The number of H-pyrrole nitrogens is 1. The standard InChI is InChI=1S/C7H8FN3O/c8-7(1-2-7)4-3-10-11-5(4)6(9)12/h3H,1-2H2,(H2,9,12)(H,10,11). The molecule has 1 heterocycles. The minimum atomic E-state index is -1.35. The lowest BCUT2D eigenvalue weighted by Gasteiger charge is -2.01. The van der Waals surface area contributed by atoms with Crippen LogP contribution in [0.3, 0.4) is 0 Å². The fourth-order valence-corrected chi connectivity index (χ4v) is 1.19. The molecular weight excluding hydrogens is 161 g/mol. The SMILES string of the molecule is NC(=O)c1[nH]ncc1C1(F)CC1. The molecule has 0 spiro atoms. The molecular formula is C7H8FN3O. The van der Waals surface area contributed by atoms with Crippen molar-refractivity contribution in [2.45, 2.75) is 18.5 Å². The van der Waals surface area contributed by atoms with Crippen LogP contribution in [0.15, 0.2) is 6.20 Å². The second kappa shape index (κ2) is 2.06. The van der Waals surface area contributed by atoms with E-state index in [2.05, 4.69) is 10.2 Å². The molecule has 0 aromatic carbocycles. The van der Waals surface area contributed by atoms with E-state index in [4.69, 9.17) is 5.73 Å². The van der Waals surface area contributed by atoms with Gasteiger partial charge in [-0.25, -0.2) is 4.39 Å². The molecule has 0 aliphatic heterocycles. The third-order valence-corrected chi connectivity index (χ3v) is 2.06. The Morgan fingerprint density at radius 2 is 2.42 bits per heavy atom. The predicted octanol–water partition coefficient (Wildman–Crippen LogP) is 0.467. The number of primary amides is 1. The molecule has 3 N–H and O–H groups in total. The highest BCUT2D eigenvalue weighted by Gasteiger charge is 2.48. The lowest BCUT2D eigenvalue weighted by atomic mass is 10.1. The number of hydrogen-bond acceptors (Lipinski definition) is 2. The molecule has 0 bridgehead atoms. The normalized spacial score (nSPS) is 19.1. The molecule has 1 saturated carbocycles. The van der Waals surface area contributed by atoms with E-state index in [0.29, 0.717) is 18.4 Å². The summed E-state index contributed by atoms with van der Waals surface area (Å²) in [6, 6.07) is 0. The Morgan fingerprint density at radius 3 is 2.92 bits per heavy atom. The van der Waals surface area contributed by atoms with Crippen LogP contribution in [-0.4, -0.2) is 16.1 Å². The topological polar surface area (TPSA) is 71.8 Å². The Labute approximate surface area is 67.9 Å². The van der Waals surface area contributed by atoms with Gasteiger partial charge in [-0.05, 0) is 12.8 Å². The van der Waals surface area contributed by atoms with Gasteiger partial charge in [0.1, 0.15) is 11.4 Å². The van der Waals surface area contributed by atoms with Crippen molar-refractivity contribution in [1.29, 1.82) is 0 Å². The molecule has 4 nitrogen and oxygen atoms in total. The van der Waals surface area contributed by atoms with E-state index >= 15 is 0 Å². The van der Waals surface area contributed by atoms with Crippen LogP contribution in [0.5, 0.6) is 0 Å². The van der Waals surface area contributed by atoms with Gasteiger partial charge >= 0.3 is 0 Å². The minimum absolute atomic E-state index is 0.0926. The zero-order valence-electron chi connectivity index (χ0n) is 6.30. The second-order valence-electron chi connectivity index (χ2n) is 2.99. The molecule has 1 aromatic rings. The average molecular weight is 169 g/mol. The zero-order valence-corrected chi connectivity index (χ0v) is 6.30. The number of rotatable bonds is 2. The highest BCUT2D eigenvalue weighted by Crippen LogP contribution is 2.50. The number of nitrogens with two attached hydrogens (primary N) is 1. The Hall–Kier alpha value is -1.39. The molecule has 0 unspecified atom stereocenters. The van der Waals surface area contributed by atoms with E-state index in [1.807, 2.05) is 0 Å². The van der Waals surface area contributed by atoms with Crippen LogP contribution in [0.4, 0.5) is 4.39 Å². The number of amides is 1. The summed E-state index contributed by atoms with van der Waals surface area (Å²) in [5.74, 6) is -0.661. The molecule has 1 aliphatic carbocycles. The summed E-state index contributed by atoms with van der Waals surface area (Å²) in [4.78, 5) is 10.7. The first kappa shape index (κ1) is 7.27. The van der Waals surface area contributed by atoms with Crippen molar-refractivity contribution < 1.29 is 9.18 Å². The van der Waals surface area contributed by atoms with E-state index in [1.165, 1.54) is 6.20 Å². The molecule has 1 aromatic heterocycles. The van der Waals surface area contributed by atoms with Gasteiger partial charge in [0.2, 0.25) is 0 Å². The van der Waals surface area contributed by atoms with Crippen molar-refractivity contribution in [3.63, 3.8) is 0 Å². The van der Waals surface area contributed by atoms with Gasteiger partial charge in [-0.15, -0.1) is 0 Å². The summed E-state index contributed by atoms with van der Waals surface area (Å²) in [6.45, 7) is 0. The number of halogens is 1. The largest absolute Gasteiger partial charge is 0.364 e. The lowest BCUT2D eigenvalue weighted by molar-refractivity contribution is 0.0992. The molecule has 0 atom stereocenters. The number of aromatic amines is 1. The molecule has 5 heteroatoms. The Bertz CT molecular complexity index is 329.